The minimum atomic E-state index is -0.363. The van der Waals surface area contributed by atoms with Gasteiger partial charge in [0.1, 0.15) is 19.0 Å². The van der Waals surface area contributed by atoms with Crippen LogP contribution in [0.4, 0.5) is 4.39 Å². The molecule has 0 spiro atoms. The minimum absolute atomic E-state index is 0.126. The summed E-state index contributed by atoms with van der Waals surface area (Å²) in [7, 11) is 0. The number of nitrogens with zero attached hydrogens (tertiary/aromatic N) is 4. The molecule has 0 bridgehead atoms. The molecule has 10 heteroatoms. The van der Waals surface area contributed by atoms with Gasteiger partial charge in [0.05, 0.1) is 17.2 Å². The Kier molecular flexibility index (Phi) is 8.14. The number of rotatable bonds is 8. The summed E-state index contributed by atoms with van der Waals surface area (Å²) in [5.41, 5.74) is 2.53. The molecule has 2 aromatic rings. The molecule has 2 saturated heterocycles. The molecule has 2 fully saturated rings. The lowest BCUT2D eigenvalue weighted by Crippen LogP contribution is -2.44. The molecule has 0 saturated carbocycles. The van der Waals surface area contributed by atoms with Gasteiger partial charge in [-0.05, 0) is 50.1 Å². The molecule has 0 aromatic carbocycles. The first kappa shape index (κ1) is 24.9. The zero-order chi connectivity index (χ0) is 24.8. The molecule has 0 atom stereocenters. The number of aromatic nitrogens is 2. The smallest absolute Gasteiger partial charge is 0.273 e. The number of hydrogen-bond acceptors (Lipinski definition) is 8. The molecule has 0 radical (unpaired) electrons. The highest BCUT2D eigenvalue weighted by atomic mass is 19.1. The number of halogens is 1. The molecular weight excluding hydrogens is 451 g/mol. The number of nitrogens with two attached hydrogens (primary N) is 1. The van der Waals surface area contributed by atoms with Crippen LogP contribution in [0.15, 0.2) is 52.2 Å². The van der Waals surface area contributed by atoms with Crippen molar-refractivity contribution in [1.29, 1.82) is 0 Å². The van der Waals surface area contributed by atoms with Gasteiger partial charge in [-0.25, -0.2) is 4.39 Å². The molecule has 3 N–H and O–H groups in total. The highest BCUT2D eigenvalue weighted by Gasteiger charge is 2.20. The van der Waals surface area contributed by atoms with E-state index in [2.05, 4.69) is 26.9 Å². The number of pyridine rings is 2. The second-order valence-corrected chi connectivity index (χ2v) is 8.79. The highest BCUT2D eigenvalue weighted by molar-refractivity contribution is 5.92. The number of likely N-dealkylation sites (tertiary alicyclic amines) is 1. The summed E-state index contributed by atoms with van der Waals surface area (Å²) in [5, 5.41) is 7.16. The van der Waals surface area contributed by atoms with Crippen molar-refractivity contribution in [2.75, 3.05) is 39.4 Å². The second-order valence-electron chi connectivity index (χ2n) is 8.79. The maximum Gasteiger partial charge on any atom is 0.273 e. The van der Waals surface area contributed by atoms with Crippen LogP contribution in [0.1, 0.15) is 25.3 Å². The van der Waals surface area contributed by atoms with E-state index in [-0.39, 0.29) is 11.4 Å². The second kappa shape index (κ2) is 11.5. The lowest BCUT2D eigenvalue weighted by atomic mass is 10.0. The van der Waals surface area contributed by atoms with E-state index in [0.29, 0.717) is 67.0 Å². The van der Waals surface area contributed by atoms with Crippen LogP contribution in [-0.4, -0.2) is 65.8 Å². The zero-order valence-electron chi connectivity index (χ0n) is 20.1. The van der Waals surface area contributed by atoms with Crippen molar-refractivity contribution in [3.05, 3.63) is 64.1 Å². The number of nitrogens with one attached hydrogen (secondary N) is 1. The normalized spacial score (nSPS) is 19.7. The van der Waals surface area contributed by atoms with Crippen molar-refractivity contribution in [1.82, 2.24) is 19.8 Å². The van der Waals surface area contributed by atoms with E-state index in [1.165, 1.54) is 12.3 Å². The minimum Gasteiger partial charge on any atom is -0.484 e. The van der Waals surface area contributed by atoms with Gasteiger partial charge >= 0.3 is 0 Å². The van der Waals surface area contributed by atoms with Gasteiger partial charge < -0.3 is 30.1 Å². The van der Waals surface area contributed by atoms with E-state index in [9.17, 15) is 9.18 Å². The monoisotopic (exact) mass is 484 g/mol. The fourth-order valence-corrected chi connectivity index (χ4v) is 4.61. The molecule has 9 nitrogen and oxygen atoms in total. The Balaban J connectivity index is 1.29. The summed E-state index contributed by atoms with van der Waals surface area (Å²) in [5.74, 6) is 5.78. The van der Waals surface area contributed by atoms with Crippen LogP contribution < -0.4 is 16.7 Å². The van der Waals surface area contributed by atoms with Crippen LogP contribution >= 0.6 is 0 Å². The van der Waals surface area contributed by atoms with Crippen LogP contribution in [0.25, 0.3) is 11.0 Å². The third-order valence-electron chi connectivity index (χ3n) is 6.50. The Bertz CT molecular complexity index is 1180. The quantitative estimate of drug-likeness (QED) is 0.435. The molecule has 2 aliphatic heterocycles. The molecule has 4 heterocycles. The number of ether oxygens (including phenoxy) is 2. The van der Waals surface area contributed by atoms with Crippen LogP contribution in [0.3, 0.4) is 0 Å². The fourth-order valence-electron chi connectivity index (χ4n) is 4.61. The van der Waals surface area contributed by atoms with Crippen molar-refractivity contribution < 1.29 is 13.9 Å². The highest BCUT2D eigenvalue weighted by Crippen LogP contribution is 2.19. The van der Waals surface area contributed by atoms with Gasteiger partial charge in [0.15, 0.2) is 5.76 Å². The summed E-state index contributed by atoms with van der Waals surface area (Å²) in [4.78, 5) is 19.1. The molecular formula is C25H33FN6O3. The molecule has 0 aliphatic carbocycles. The predicted octanol–water partition coefficient (Wildman–Crippen LogP) is 1.91. The van der Waals surface area contributed by atoms with Gasteiger partial charge in [-0.3, -0.25) is 9.78 Å². The third-order valence-corrected chi connectivity index (χ3v) is 6.50. The zero-order valence-corrected chi connectivity index (χ0v) is 20.1. The largest absolute Gasteiger partial charge is 0.484 e. The van der Waals surface area contributed by atoms with Crippen molar-refractivity contribution in [2.24, 2.45) is 10.9 Å². The van der Waals surface area contributed by atoms with E-state index < -0.39 is 0 Å². The topological polar surface area (TPSA) is 107 Å². The molecule has 0 unspecified atom stereocenters. The molecule has 4 rings (SSSR count). The van der Waals surface area contributed by atoms with Crippen molar-refractivity contribution in [3.8, 4) is 0 Å². The van der Waals surface area contributed by atoms with E-state index in [1.54, 1.807) is 16.7 Å². The molecule has 2 aromatic heterocycles. The number of hydrazone groups is 1. The van der Waals surface area contributed by atoms with Crippen LogP contribution in [0.5, 0.6) is 0 Å². The SMILES string of the molecule is C=C(/C=C1/OCCO/C1=N/N)CNC1CCN(CCn2c(=O)ccc3ncc(F)c(CC)c32)CC1. The number of piperidine rings is 1. The van der Waals surface area contributed by atoms with Gasteiger partial charge in [0.2, 0.25) is 0 Å². The molecule has 2 aliphatic rings. The van der Waals surface area contributed by atoms with Crippen LogP contribution in [0.2, 0.25) is 0 Å². The van der Waals surface area contributed by atoms with Gasteiger partial charge in [0, 0.05) is 37.3 Å². The number of hydrogen-bond donors (Lipinski definition) is 2. The number of aryl methyl sites for hydroxylation is 1. The van der Waals surface area contributed by atoms with Crippen LogP contribution in [-0.2, 0) is 22.4 Å². The van der Waals surface area contributed by atoms with Gasteiger partial charge in [-0.1, -0.05) is 13.5 Å². The Morgan fingerprint density at radius 1 is 1.31 bits per heavy atom. The lowest BCUT2D eigenvalue weighted by molar-refractivity contribution is 0.116. The van der Waals surface area contributed by atoms with Crippen LogP contribution in [0, 0.1) is 5.82 Å². The summed E-state index contributed by atoms with van der Waals surface area (Å²) >= 11 is 0. The summed E-state index contributed by atoms with van der Waals surface area (Å²) in [6.45, 7) is 10.6. The average Bonchev–Trinajstić information content (AvgIpc) is 2.88. The Labute approximate surface area is 204 Å². The standard InChI is InChI=1S/C25H33FN6O3/c1-3-19-20(26)16-29-21-4-5-23(33)32(24(19)21)11-10-31-8-6-18(7-9-31)28-15-17(2)14-22-25(30-27)35-13-12-34-22/h4-5,14,16,18,28H,2-3,6-13,15,27H2,1H3/b22-14+,30-25+. The van der Waals surface area contributed by atoms with E-state index in [0.717, 1.165) is 38.0 Å². The van der Waals surface area contributed by atoms with Crippen molar-refractivity contribution >= 4 is 16.9 Å². The Morgan fingerprint density at radius 3 is 2.83 bits per heavy atom. The van der Waals surface area contributed by atoms with E-state index in [4.69, 9.17) is 15.3 Å². The fraction of sp³-hybridized carbons (Fsp3) is 0.480. The third kappa shape index (κ3) is 5.88. The Morgan fingerprint density at radius 2 is 2.09 bits per heavy atom. The van der Waals surface area contributed by atoms with Crippen molar-refractivity contribution in [3.63, 3.8) is 0 Å². The maximum absolute atomic E-state index is 14.3. The first-order valence-corrected chi connectivity index (χ1v) is 12.1. The average molecular weight is 485 g/mol. The van der Waals surface area contributed by atoms with E-state index in [1.807, 2.05) is 6.92 Å². The van der Waals surface area contributed by atoms with Gasteiger partial charge in [-0.15, -0.1) is 5.10 Å². The van der Waals surface area contributed by atoms with Gasteiger partial charge in [0.25, 0.3) is 11.5 Å². The summed E-state index contributed by atoms with van der Waals surface area (Å²) in [6, 6.07) is 3.56. The number of fused-ring (bicyclic) bond motifs is 1. The molecule has 35 heavy (non-hydrogen) atoms. The first-order valence-electron chi connectivity index (χ1n) is 12.1. The van der Waals surface area contributed by atoms with Crippen molar-refractivity contribution in [2.45, 2.75) is 38.8 Å². The predicted molar refractivity (Wildman–Crippen MR) is 134 cm³/mol. The molecule has 0 amide bonds. The Hall–Kier alpha value is -3.24. The molecule has 188 valence electrons. The summed E-state index contributed by atoms with van der Waals surface area (Å²) in [6.07, 6.45) is 5.52. The maximum atomic E-state index is 14.3. The summed E-state index contributed by atoms with van der Waals surface area (Å²) < 4.78 is 26.9. The van der Waals surface area contributed by atoms with Gasteiger partial charge in [-0.2, -0.15) is 0 Å². The van der Waals surface area contributed by atoms with E-state index >= 15 is 0 Å². The lowest BCUT2D eigenvalue weighted by Gasteiger charge is -2.32. The first-order chi connectivity index (χ1) is 17.0.